The first-order valence-electron chi connectivity index (χ1n) is 10.0. The number of rotatable bonds is 7. The summed E-state index contributed by atoms with van der Waals surface area (Å²) in [7, 11) is -4.06. The number of esters is 1. The predicted molar refractivity (Wildman–Crippen MR) is 119 cm³/mol. The Labute approximate surface area is 178 Å². The lowest BCUT2D eigenvalue weighted by Crippen LogP contribution is -2.44. The molecule has 3 rings (SSSR count). The van der Waals surface area contributed by atoms with Gasteiger partial charge in [-0.05, 0) is 49.1 Å². The maximum atomic E-state index is 13.8. The lowest BCUT2D eigenvalue weighted by Gasteiger charge is -2.30. The van der Waals surface area contributed by atoms with E-state index >= 15 is 0 Å². The van der Waals surface area contributed by atoms with Crippen LogP contribution in [-0.2, 0) is 24.1 Å². The second-order valence-corrected chi connectivity index (χ2v) is 9.34. The van der Waals surface area contributed by atoms with E-state index in [1.54, 1.807) is 50.2 Å². The number of carbonyl (C=O) groups is 1. The van der Waals surface area contributed by atoms with Crippen LogP contribution in [0, 0.1) is 6.92 Å². The molecule has 0 aliphatic carbocycles. The van der Waals surface area contributed by atoms with Crippen LogP contribution in [0.3, 0.4) is 0 Å². The van der Waals surface area contributed by atoms with Gasteiger partial charge in [0.2, 0.25) is 0 Å². The van der Waals surface area contributed by atoms with E-state index in [-0.39, 0.29) is 17.9 Å². The fourth-order valence-corrected chi connectivity index (χ4v) is 5.65. The van der Waals surface area contributed by atoms with Crippen LogP contribution in [0.25, 0.3) is 11.1 Å². The molecule has 0 N–H and O–H groups in total. The normalized spacial score (nSPS) is 13.4. The van der Waals surface area contributed by atoms with Gasteiger partial charge in [-0.3, -0.25) is 0 Å². The highest BCUT2D eigenvalue weighted by Crippen LogP contribution is 2.40. The zero-order chi connectivity index (χ0) is 21.8. The minimum Gasteiger partial charge on any atom is -0.465 e. The van der Waals surface area contributed by atoms with Crippen molar-refractivity contribution >= 4 is 15.8 Å². The maximum Gasteiger partial charge on any atom is 0.332 e. The molecule has 0 heterocycles. The lowest BCUT2D eigenvalue weighted by molar-refractivity contribution is -0.146. The number of sulfone groups is 1. The predicted octanol–water partition coefficient (Wildman–Crippen LogP) is 5.30. The number of aryl methyl sites for hydroxylation is 1. The Kier molecular flexibility index (Phi) is 6.42. The number of hydrogen-bond acceptors (Lipinski definition) is 4. The van der Waals surface area contributed by atoms with Gasteiger partial charge in [0.1, 0.15) is 0 Å². The second kappa shape index (κ2) is 8.84. The average molecular weight is 423 g/mol. The Balaban J connectivity index is 2.17. The smallest absolute Gasteiger partial charge is 0.332 e. The van der Waals surface area contributed by atoms with E-state index in [1.165, 1.54) is 0 Å². The third-order valence-corrected chi connectivity index (χ3v) is 7.85. The van der Waals surface area contributed by atoms with E-state index in [2.05, 4.69) is 0 Å². The van der Waals surface area contributed by atoms with Crippen molar-refractivity contribution in [2.75, 3.05) is 6.61 Å². The Hall–Kier alpha value is -2.92. The van der Waals surface area contributed by atoms with Crippen LogP contribution in [0.5, 0.6) is 0 Å². The first-order chi connectivity index (χ1) is 14.4. The van der Waals surface area contributed by atoms with Crippen LogP contribution < -0.4 is 0 Å². The zero-order valence-electron chi connectivity index (χ0n) is 17.5. The van der Waals surface area contributed by atoms with E-state index < -0.39 is 20.6 Å². The summed E-state index contributed by atoms with van der Waals surface area (Å²) in [5.74, 6) is -0.750. The van der Waals surface area contributed by atoms with Gasteiger partial charge in [0.15, 0.2) is 14.6 Å². The minimum atomic E-state index is -4.06. The molecular formula is C25H26O4S. The van der Waals surface area contributed by atoms with Crippen molar-refractivity contribution in [3.8, 4) is 11.1 Å². The Morgan fingerprint density at radius 2 is 1.40 bits per heavy atom. The molecule has 156 valence electrons. The molecule has 0 aromatic heterocycles. The first-order valence-corrected chi connectivity index (χ1v) is 11.5. The van der Waals surface area contributed by atoms with Gasteiger partial charge < -0.3 is 4.74 Å². The summed E-state index contributed by atoms with van der Waals surface area (Å²) in [4.78, 5) is 13.2. The molecule has 0 fully saturated rings. The molecule has 3 aromatic carbocycles. The van der Waals surface area contributed by atoms with Crippen LogP contribution in [0.4, 0.5) is 0 Å². The quantitative estimate of drug-likeness (QED) is 0.485. The molecule has 3 aromatic rings. The van der Waals surface area contributed by atoms with Crippen LogP contribution >= 0.6 is 0 Å². The summed E-state index contributed by atoms with van der Waals surface area (Å²) in [5.41, 5.74) is 3.31. The van der Waals surface area contributed by atoms with Crippen molar-refractivity contribution < 1.29 is 17.9 Å². The van der Waals surface area contributed by atoms with Gasteiger partial charge in [0.05, 0.1) is 11.5 Å². The van der Waals surface area contributed by atoms with E-state index in [0.29, 0.717) is 5.56 Å². The molecule has 0 spiro atoms. The lowest BCUT2D eigenvalue weighted by atomic mass is 9.93. The summed E-state index contributed by atoms with van der Waals surface area (Å²) in [6.07, 6.45) is 0.0622. The summed E-state index contributed by atoms with van der Waals surface area (Å²) < 4.78 is 31.0. The number of hydrogen-bond donors (Lipinski definition) is 0. The third kappa shape index (κ3) is 3.77. The molecule has 4 nitrogen and oxygen atoms in total. The molecule has 5 heteroatoms. The van der Waals surface area contributed by atoms with Gasteiger partial charge >= 0.3 is 5.97 Å². The topological polar surface area (TPSA) is 60.4 Å². The largest absolute Gasteiger partial charge is 0.465 e. The zero-order valence-corrected chi connectivity index (χ0v) is 18.3. The molecule has 0 bridgehead atoms. The van der Waals surface area contributed by atoms with E-state index in [0.717, 1.165) is 16.7 Å². The Bertz CT molecular complexity index is 1100. The first kappa shape index (κ1) is 21.8. The molecule has 0 saturated heterocycles. The van der Waals surface area contributed by atoms with Crippen molar-refractivity contribution in [1.82, 2.24) is 0 Å². The Morgan fingerprint density at radius 3 is 1.93 bits per heavy atom. The molecule has 30 heavy (non-hydrogen) atoms. The standard InChI is InChI=1S/C25H26O4S/c1-4-25(24(26)29-5-2,30(27,28)23-17-11-19(3)12-18-23)22-15-13-21(14-16-22)20-9-7-6-8-10-20/h6-18H,4-5H2,1-3H3. The highest BCUT2D eigenvalue weighted by atomic mass is 32.2. The van der Waals surface area contributed by atoms with Crippen molar-refractivity contribution in [3.05, 3.63) is 90.0 Å². The summed E-state index contributed by atoms with van der Waals surface area (Å²) in [5, 5.41) is 0. The molecule has 0 aliphatic heterocycles. The fraction of sp³-hybridized carbons (Fsp3) is 0.240. The van der Waals surface area contributed by atoms with Gasteiger partial charge in [-0.2, -0.15) is 0 Å². The van der Waals surface area contributed by atoms with Gasteiger partial charge in [0, 0.05) is 0 Å². The van der Waals surface area contributed by atoms with Crippen LogP contribution in [0.1, 0.15) is 31.4 Å². The van der Waals surface area contributed by atoms with Crippen LogP contribution in [0.15, 0.2) is 83.8 Å². The average Bonchev–Trinajstić information content (AvgIpc) is 2.76. The van der Waals surface area contributed by atoms with Crippen LogP contribution in [0.2, 0.25) is 0 Å². The van der Waals surface area contributed by atoms with Crippen molar-refractivity contribution in [1.29, 1.82) is 0 Å². The highest BCUT2D eigenvalue weighted by Gasteiger charge is 2.52. The molecule has 0 amide bonds. The van der Waals surface area contributed by atoms with Gasteiger partial charge in [0.25, 0.3) is 0 Å². The SMILES string of the molecule is CCOC(=O)C(CC)(c1ccc(-c2ccccc2)cc1)S(=O)(=O)c1ccc(C)cc1. The van der Waals surface area contributed by atoms with Crippen molar-refractivity contribution in [2.45, 2.75) is 36.8 Å². The summed E-state index contributed by atoms with van der Waals surface area (Å²) in [6.45, 7) is 5.37. The Morgan fingerprint density at radius 1 is 0.833 bits per heavy atom. The van der Waals surface area contributed by atoms with Gasteiger partial charge in [-0.1, -0.05) is 79.2 Å². The maximum absolute atomic E-state index is 13.8. The number of ether oxygens (including phenoxy) is 1. The molecule has 0 aliphatic rings. The molecule has 1 atom stereocenters. The van der Waals surface area contributed by atoms with E-state index in [4.69, 9.17) is 4.74 Å². The molecule has 0 radical (unpaired) electrons. The number of benzene rings is 3. The third-order valence-electron chi connectivity index (χ3n) is 5.35. The monoisotopic (exact) mass is 422 g/mol. The van der Waals surface area contributed by atoms with Crippen LogP contribution in [-0.4, -0.2) is 21.0 Å². The van der Waals surface area contributed by atoms with Crippen molar-refractivity contribution in [2.24, 2.45) is 0 Å². The molecule has 1 unspecified atom stereocenters. The van der Waals surface area contributed by atoms with Gasteiger partial charge in [-0.15, -0.1) is 0 Å². The van der Waals surface area contributed by atoms with E-state index in [9.17, 15) is 13.2 Å². The number of carbonyl (C=O) groups excluding carboxylic acids is 1. The minimum absolute atomic E-state index is 0.0622. The molecular weight excluding hydrogens is 396 g/mol. The van der Waals surface area contributed by atoms with Gasteiger partial charge in [-0.25, -0.2) is 13.2 Å². The van der Waals surface area contributed by atoms with E-state index in [1.807, 2.05) is 49.4 Å². The fourth-order valence-electron chi connectivity index (χ4n) is 3.65. The highest BCUT2D eigenvalue weighted by molar-refractivity contribution is 7.93. The second-order valence-electron chi connectivity index (χ2n) is 7.16. The summed E-state index contributed by atoms with van der Waals surface area (Å²) in [6, 6.07) is 23.5. The van der Waals surface area contributed by atoms with Crippen molar-refractivity contribution in [3.63, 3.8) is 0 Å². The molecule has 0 saturated carbocycles. The summed E-state index contributed by atoms with van der Waals surface area (Å²) >= 11 is 0.